The summed E-state index contributed by atoms with van der Waals surface area (Å²) < 4.78 is 10.4. The number of benzene rings is 3. The Bertz CT molecular complexity index is 979. The highest BCUT2D eigenvalue weighted by molar-refractivity contribution is 5.97. The summed E-state index contributed by atoms with van der Waals surface area (Å²) in [5, 5.41) is 9.64. The monoisotopic (exact) mass is 376 g/mol. The molecule has 0 fully saturated rings. The van der Waals surface area contributed by atoms with Crippen LogP contribution in [0.3, 0.4) is 0 Å². The Hall–Kier alpha value is -3.60. The van der Waals surface area contributed by atoms with Gasteiger partial charge in [-0.05, 0) is 48.4 Å². The molecular formula is C23H20O5. The highest BCUT2D eigenvalue weighted by atomic mass is 16.5. The molecule has 142 valence electrons. The minimum absolute atomic E-state index is 0.0607. The maximum absolute atomic E-state index is 12.5. The van der Waals surface area contributed by atoms with E-state index in [1.54, 1.807) is 66.7 Å². The third kappa shape index (κ3) is 4.76. The highest BCUT2D eigenvalue weighted by Crippen LogP contribution is 2.27. The van der Waals surface area contributed by atoms with Crippen LogP contribution < -0.4 is 9.47 Å². The lowest BCUT2D eigenvalue weighted by atomic mass is 10.0. The Morgan fingerprint density at radius 3 is 2.39 bits per heavy atom. The Balaban J connectivity index is 1.64. The van der Waals surface area contributed by atoms with E-state index < -0.39 is 5.97 Å². The quantitative estimate of drug-likeness (QED) is 0.375. The number of hydrogen-bond donors (Lipinski definition) is 1. The predicted molar refractivity (Wildman–Crippen MR) is 105 cm³/mol. The van der Waals surface area contributed by atoms with Crippen molar-refractivity contribution >= 4 is 11.8 Å². The number of esters is 1. The Labute approximate surface area is 163 Å². The number of phenols is 1. The fourth-order valence-electron chi connectivity index (χ4n) is 2.75. The summed E-state index contributed by atoms with van der Waals surface area (Å²) in [5.41, 5.74) is 1.80. The standard InChI is InChI=1S/C23H20O5/c1-27-22-14-16(11-13-21(22)25)10-12-20(24)18-8-5-9-19(15-18)28-23(26)17-6-3-2-4-7-17/h2-9,11,13-15,25H,10,12H2,1H3. The summed E-state index contributed by atoms with van der Waals surface area (Å²) in [5.74, 6) is 0.224. The van der Waals surface area contributed by atoms with E-state index in [1.807, 2.05) is 6.07 Å². The first-order valence-electron chi connectivity index (χ1n) is 8.83. The summed E-state index contributed by atoms with van der Waals surface area (Å²) in [6, 6.07) is 20.3. The molecule has 0 spiro atoms. The number of aryl methyl sites for hydroxylation is 1. The number of ether oxygens (including phenoxy) is 2. The highest BCUT2D eigenvalue weighted by Gasteiger charge is 2.12. The second kappa shape index (κ2) is 8.86. The van der Waals surface area contributed by atoms with Crippen molar-refractivity contribution < 1.29 is 24.2 Å². The number of methoxy groups -OCH3 is 1. The van der Waals surface area contributed by atoms with E-state index in [0.717, 1.165) is 5.56 Å². The van der Waals surface area contributed by atoms with Crippen LogP contribution in [0.2, 0.25) is 0 Å². The number of rotatable bonds is 7. The molecule has 0 unspecified atom stereocenters. The molecule has 0 amide bonds. The molecule has 0 radical (unpaired) electrons. The predicted octanol–water partition coefficient (Wildman–Crippen LogP) is 4.44. The maximum atomic E-state index is 12.5. The number of hydrogen-bond acceptors (Lipinski definition) is 5. The normalized spacial score (nSPS) is 10.3. The van der Waals surface area contributed by atoms with Gasteiger partial charge in [-0.3, -0.25) is 4.79 Å². The molecule has 3 aromatic carbocycles. The lowest BCUT2D eigenvalue weighted by Gasteiger charge is -2.08. The molecule has 5 heteroatoms. The van der Waals surface area contributed by atoms with Gasteiger partial charge in [0.05, 0.1) is 12.7 Å². The van der Waals surface area contributed by atoms with Crippen LogP contribution in [-0.4, -0.2) is 24.0 Å². The van der Waals surface area contributed by atoms with Gasteiger partial charge in [0.2, 0.25) is 0 Å². The zero-order chi connectivity index (χ0) is 19.9. The number of phenolic OH excluding ortho intramolecular Hbond substituents is 1. The smallest absolute Gasteiger partial charge is 0.343 e. The first-order valence-corrected chi connectivity index (χ1v) is 8.83. The topological polar surface area (TPSA) is 72.8 Å². The zero-order valence-electron chi connectivity index (χ0n) is 15.4. The Morgan fingerprint density at radius 1 is 0.893 bits per heavy atom. The van der Waals surface area contributed by atoms with E-state index in [0.29, 0.717) is 29.0 Å². The van der Waals surface area contributed by atoms with Crippen LogP contribution >= 0.6 is 0 Å². The van der Waals surface area contributed by atoms with Gasteiger partial charge < -0.3 is 14.6 Å². The van der Waals surface area contributed by atoms with Crippen LogP contribution in [0.4, 0.5) is 0 Å². The third-order valence-corrected chi connectivity index (χ3v) is 4.26. The van der Waals surface area contributed by atoms with Crippen molar-refractivity contribution in [2.45, 2.75) is 12.8 Å². The molecule has 0 saturated carbocycles. The molecular weight excluding hydrogens is 356 g/mol. The summed E-state index contributed by atoms with van der Waals surface area (Å²) >= 11 is 0. The Morgan fingerprint density at radius 2 is 1.64 bits per heavy atom. The first-order chi connectivity index (χ1) is 13.6. The van der Waals surface area contributed by atoms with E-state index in [2.05, 4.69) is 0 Å². The van der Waals surface area contributed by atoms with Crippen molar-refractivity contribution in [1.82, 2.24) is 0 Å². The van der Waals surface area contributed by atoms with Crippen molar-refractivity contribution in [1.29, 1.82) is 0 Å². The number of carbonyl (C=O) groups is 2. The SMILES string of the molecule is COc1cc(CCC(=O)c2cccc(OC(=O)c3ccccc3)c2)ccc1O. The van der Waals surface area contributed by atoms with Crippen LogP contribution in [0.5, 0.6) is 17.2 Å². The second-order valence-corrected chi connectivity index (χ2v) is 6.21. The van der Waals surface area contributed by atoms with Crippen LogP contribution in [0.15, 0.2) is 72.8 Å². The van der Waals surface area contributed by atoms with Crippen molar-refractivity contribution in [3.05, 3.63) is 89.5 Å². The van der Waals surface area contributed by atoms with Gasteiger partial charge in [0.25, 0.3) is 0 Å². The van der Waals surface area contributed by atoms with Crippen molar-refractivity contribution in [3.63, 3.8) is 0 Å². The van der Waals surface area contributed by atoms with Gasteiger partial charge in [0, 0.05) is 12.0 Å². The van der Waals surface area contributed by atoms with E-state index in [1.165, 1.54) is 7.11 Å². The average Bonchev–Trinajstić information content (AvgIpc) is 2.73. The van der Waals surface area contributed by atoms with Gasteiger partial charge in [0.1, 0.15) is 5.75 Å². The molecule has 1 N–H and O–H groups in total. The lowest BCUT2D eigenvalue weighted by molar-refractivity contribution is 0.0733. The molecule has 3 aromatic rings. The van der Waals surface area contributed by atoms with Crippen LogP contribution in [0.25, 0.3) is 0 Å². The summed E-state index contributed by atoms with van der Waals surface area (Å²) in [4.78, 5) is 24.7. The minimum atomic E-state index is -0.471. The summed E-state index contributed by atoms with van der Waals surface area (Å²) in [6.45, 7) is 0. The molecule has 0 atom stereocenters. The fourth-order valence-corrected chi connectivity index (χ4v) is 2.75. The molecule has 5 nitrogen and oxygen atoms in total. The summed E-state index contributed by atoms with van der Waals surface area (Å²) in [7, 11) is 1.48. The third-order valence-electron chi connectivity index (χ3n) is 4.26. The first kappa shape index (κ1) is 19.2. The maximum Gasteiger partial charge on any atom is 0.343 e. The van der Waals surface area contributed by atoms with Gasteiger partial charge in [0.15, 0.2) is 17.3 Å². The number of carbonyl (C=O) groups excluding carboxylic acids is 2. The minimum Gasteiger partial charge on any atom is -0.504 e. The van der Waals surface area contributed by atoms with E-state index in [4.69, 9.17) is 9.47 Å². The number of aromatic hydroxyl groups is 1. The van der Waals surface area contributed by atoms with Crippen molar-refractivity contribution in [3.8, 4) is 17.2 Å². The molecule has 0 saturated heterocycles. The fraction of sp³-hybridized carbons (Fsp3) is 0.130. The molecule has 0 heterocycles. The molecule has 0 bridgehead atoms. The van der Waals surface area contributed by atoms with Gasteiger partial charge in [-0.1, -0.05) is 36.4 Å². The molecule has 28 heavy (non-hydrogen) atoms. The van der Waals surface area contributed by atoms with Gasteiger partial charge >= 0.3 is 5.97 Å². The van der Waals surface area contributed by atoms with E-state index >= 15 is 0 Å². The molecule has 3 rings (SSSR count). The van der Waals surface area contributed by atoms with Crippen LogP contribution in [0.1, 0.15) is 32.7 Å². The van der Waals surface area contributed by atoms with Gasteiger partial charge in [-0.2, -0.15) is 0 Å². The summed E-state index contributed by atoms with van der Waals surface area (Å²) in [6.07, 6.45) is 0.785. The zero-order valence-corrected chi connectivity index (χ0v) is 15.4. The van der Waals surface area contributed by atoms with Crippen LogP contribution in [-0.2, 0) is 6.42 Å². The molecule has 0 aromatic heterocycles. The van der Waals surface area contributed by atoms with Crippen LogP contribution in [0, 0.1) is 0 Å². The van der Waals surface area contributed by atoms with E-state index in [-0.39, 0.29) is 18.0 Å². The average molecular weight is 376 g/mol. The second-order valence-electron chi connectivity index (χ2n) is 6.21. The molecule has 0 aliphatic heterocycles. The van der Waals surface area contributed by atoms with Gasteiger partial charge in [-0.25, -0.2) is 4.79 Å². The molecule has 0 aliphatic rings. The van der Waals surface area contributed by atoms with Crippen molar-refractivity contribution in [2.75, 3.05) is 7.11 Å². The number of ketones is 1. The Kier molecular flexibility index (Phi) is 6.07. The largest absolute Gasteiger partial charge is 0.504 e. The van der Waals surface area contributed by atoms with Crippen molar-refractivity contribution in [2.24, 2.45) is 0 Å². The number of Topliss-reactive ketones (excluding diaryl/α,β-unsaturated/α-hetero) is 1. The van der Waals surface area contributed by atoms with Gasteiger partial charge in [-0.15, -0.1) is 0 Å². The lowest BCUT2D eigenvalue weighted by Crippen LogP contribution is -2.09. The molecule has 0 aliphatic carbocycles. The van der Waals surface area contributed by atoms with E-state index in [9.17, 15) is 14.7 Å².